The monoisotopic (exact) mass is 1920 g/mol. The normalized spacial score (nSPS) is 12.8. The van der Waals surface area contributed by atoms with Crippen molar-refractivity contribution in [3.05, 3.63) is 365 Å². The summed E-state index contributed by atoms with van der Waals surface area (Å²) in [6, 6.07) is 65.0. The number of hydrogen-bond acceptors (Lipinski definition) is 18. The Morgan fingerprint density at radius 2 is 0.628 bits per heavy atom. The number of carbonyl (C=O) groups is 8. The van der Waals surface area contributed by atoms with Gasteiger partial charge in [0.1, 0.15) is 11.7 Å². The van der Waals surface area contributed by atoms with Crippen LogP contribution < -0.4 is 31.9 Å². The van der Waals surface area contributed by atoms with E-state index >= 15 is 0 Å². The predicted molar refractivity (Wildman–Crippen MR) is 504 cm³/mol. The summed E-state index contributed by atoms with van der Waals surface area (Å²) < 4.78 is 47.9. The minimum atomic E-state index is -3.25. The summed E-state index contributed by atoms with van der Waals surface area (Å²) in [6.45, 7) is 0.405. The molecule has 6 aromatic heterocycles. The Hall–Kier alpha value is -13.3. The topological polar surface area (TPSA) is 366 Å². The number of nitrogens with zero attached hydrogens (tertiary/aromatic N) is 9. The van der Waals surface area contributed by atoms with E-state index < -0.39 is 49.2 Å². The minimum absolute atomic E-state index is 0.0610. The Kier molecular flexibility index (Phi) is 30.8. The van der Waals surface area contributed by atoms with Crippen LogP contribution in [-0.4, -0.2) is 151 Å². The largest absolute Gasteiger partial charge is 0.337 e. The van der Waals surface area contributed by atoms with Crippen molar-refractivity contribution in [2.75, 3.05) is 74.7 Å². The fraction of sp³-hybridized carbons (Fsp3) is 0.0870. The first-order valence-corrected chi connectivity index (χ1v) is 45.3. The molecule has 8 heterocycles. The molecule has 8 amide bonds. The predicted octanol–water partition coefficient (Wildman–Crippen LogP) is 19.6. The molecule has 14 aromatic rings. The van der Waals surface area contributed by atoms with Crippen LogP contribution in [-0.2, 0) is 26.7 Å². The molecule has 2 aliphatic heterocycles. The average molecular weight is 1920 g/mol. The van der Waals surface area contributed by atoms with Gasteiger partial charge in [-0.05, 0) is 206 Å². The number of sulfone groups is 2. The fourth-order valence-electron chi connectivity index (χ4n) is 12.8. The van der Waals surface area contributed by atoms with Gasteiger partial charge in [0, 0.05) is 131 Å². The molecule has 129 heavy (non-hydrogen) atoms. The van der Waals surface area contributed by atoms with Crippen molar-refractivity contribution in [3.63, 3.8) is 0 Å². The maximum Gasteiger partial charge on any atom is 0.257 e. The smallest absolute Gasteiger partial charge is 0.257 e. The van der Waals surface area contributed by atoms with Gasteiger partial charge in [0.15, 0.2) is 19.7 Å². The van der Waals surface area contributed by atoms with E-state index in [9.17, 15) is 55.2 Å². The van der Waals surface area contributed by atoms with Crippen LogP contribution in [0.2, 0.25) is 40.2 Å². The standard InChI is InChI=1S/C24H16Cl2N4O2.C23H17Cl2N5O2.C23H19Cl2N3O4S.C22H17Cl2N3O4S/c25-20-9-7-16(13-19(20)22-5-1-2-11-28-22)29-24(32)18-8-6-15(12-21(18)26)23(31)30-17-4-3-10-27-14-17;1-30-21(9-11-27-30)29-22(31)14-5-7-16(19(25)12-14)23(32)28-15-6-8-18(24)17(13-15)20-4-2-3-10-26-20;24-19-7-5-16(14-18(19)21-3-1-2-8-26-21)27-22(29)17-6-4-15(13-20(17)25)23(30)28-9-11-33(31,32)12-10-28;23-18-7-5-15(12-17(18)20-3-1-2-8-25-20)26-21(28)16-6-4-14(11-19(16)24)22(29)27-9-10-32(30,31)13-27/h1-14H,(H,29,32)(H,30,31);2-13H,1H3,(H,28,32)(H,29,31);1-8,13-14H,9-12H2,(H,27,29);1-8,11-12H,9-10,13H2,(H,26,28). The molecular formula is C92H69Cl8N15O12S2. The van der Waals surface area contributed by atoms with Gasteiger partial charge in [0.2, 0.25) is 0 Å². The van der Waals surface area contributed by atoms with Gasteiger partial charge in [-0.15, -0.1) is 0 Å². The zero-order valence-corrected chi connectivity index (χ0v) is 75.0. The first kappa shape index (κ1) is 93.3. The highest BCUT2D eigenvalue weighted by Crippen LogP contribution is 2.36. The number of nitrogens with one attached hydrogen (secondary N) is 6. The number of benzene rings is 8. The second-order valence-electron chi connectivity index (χ2n) is 28.3. The lowest BCUT2D eigenvalue weighted by molar-refractivity contribution is 0.0767. The number of pyridine rings is 5. The van der Waals surface area contributed by atoms with Crippen molar-refractivity contribution in [2.24, 2.45) is 7.05 Å². The van der Waals surface area contributed by atoms with Crippen LogP contribution in [0, 0.1) is 0 Å². The van der Waals surface area contributed by atoms with E-state index in [-0.39, 0.29) is 108 Å². The maximum atomic E-state index is 12.8. The number of carbonyl (C=O) groups excluding carboxylic acids is 8. The van der Waals surface area contributed by atoms with Crippen LogP contribution in [0.1, 0.15) is 82.9 Å². The summed E-state index contributed by atoms with van der Waals surface area (Å²) in [7, 11) is -4.63. The number of anilines is 6. The molecule has 0 spiro atoms. The lowest BCUT2D eigenvalue weighted by atomic mass is 10.1. The van der Waals surface area contributed by atoms with E-state index in [0.29, 0.717) is 116 Å². The number of rotatable bonds is 18. The van der Waals surface area contributed by atoms with Gasteiger partial charge in [-0.3, -0.25) is 68.0 Å². The van der Waals surface area contributed by atoms with Gasteiger partial charge in [0.05, 0.1) is 121 Å². The average Bonchev–Trinajstić information content (AvgIpc) is 1.77. The summed E-state index contributed by atoms with van der Waals surface area (Å²) in [6.07, 6.45) is 11.4. The molecule has 0 aliphatic carbocycles. The van der Waals surface area contributed by atoms with Crippen molar-refractivity contribution in [2.45, 2.75) is 0 Å². The third kappa shape index (κ3) is 24.5. The Bertz CT molecular complexity index is 6850. The lowest BCUT2D eigenvalue weighted by Gasteiger charge is -2.26. The molecule has 37 heteroatoms. The fourth-order valence-corrected chi connectivity index (χ4v) is 17.3. The van der Waals surface area contributed by atoms with Crippen LogP contribution in [0.5, 0.6) is 0 Å². The molecular weight excluding hydrogens is 1850 g/mol. The highest BCUT2D eigenvalue weighted by molar-refractivity contribution is 7.91. The molecule has 2 fully saturated rings. The third-order valence-corrected chi connectivity index (χ3v) is 25.1. The second-order valence-corrected chi connectivity index (χ2v) is 36.0. The van der Waals surface area contributed by atoms with E-state index in [2.05, 4.69) is 61.9 Å². The molecule has 8 aromatic carbocycles. The maximum absolute atomic E-state index is 12.8. The van der Waals surface area contributed by atoms with Gasteiger partial charge >= 0.3 is 0 Å². The van der Waals surface area contributed by atoms with Gasteiger partial charge in [-0.2, -0.15) is 5.10 Å². The lowest BCUT2D eigenvalue weighted by Crippen LogP contribution is -2.43. The zero-order chi connectivity index (χ0) is 91.6. The van der Waals surface area contributed by atoms with Crippen LogP contribution >= 0.6 is 92.8 Å². The quantitative estimate of drug-likeness (QED) is 0.0465. The van der Waals surface area contributed by atoms with E-state index in [1.807, 2.05) is 60.7 Å². The van der Waals surface area contributed by atoms with Crippen LogP contribution in [0.25, 0.3) is 45.0 Å². The Morgan fingerprint density at radius 3 is 0.938 bits per heavy atom. The molecule has 0 atom stereocenters. The number of hydrogen-bond donors (Lipinski definition) is 6. The second kappa shape index (κ2) is 42.5. The van der Waals surface area contributed by atoms with Crippen molar-refractivity contribution >= 4 is 194 Å². The molecule has 0 saturated carbocycles. The molecule has 16 rings (SSSR count). The van der Waals surface area contributed by atoms with E-state index in [1.54, 1.807) is 147 Å². The van der Waals surface area contributed by atoms with E-state index in [0.717, 1.165) is 0 Å². The first-order valence-electron chi connectivity index (χ1n) is 38.7. The summed E-state index contributed by atoms with van der Waals surface area (Å²) >= 11 is 50.4. The van der Waals surface area contributed by atoms with Crippen molar-refractivity contribution in [1.82, 2.24) is 44.5 Å². The number of halogens is 8. The molecule has 0 bridgehead atoms. The SMILES string of the molecule is Cn1nccc1NC(=O)c1ccc(C(=O)Nc2ccc(Cl)c(-c3ccccn3)c2)c(Cl)c1.O=C(Nc1ccc(Cl)c(-c2ccccn2)c1)c1ccc(C(=O)N2CCS(=O)(=O)C2)cc1Cl.O=C(Nc1ccc(Cl)c(-c2ccccn2)c1)c1ccc(C(=O)N2CCS(=O)(=O)CC2)cc1Cl.O=C(Nc1cccnc1)c1ccc(C(=O)Nc2ccc(Cl)c(-c3ccccn3)c2)c(Cl)c1. The molecule has 652 valence electrons. The van der Waals surface area contributed by atoms with Gasteiger partial charge in [-0.1, -0.05) is 117 Å². The zero-order valence-electron chi connectivity index (χ0n) is 67.3. The molecule has 2 saturated heterocycles. The van der Waals surface area contributed by atoms with Crippen LogP contribution in [0.15, 0.2) is 280 Å². The van der Waals surface area contributed by atoms with Crippen molar-refractivity contribution in [3.8, 4) is 45.0 Å². The van der Waals surface area contributed by atoms with Crippen molar-refractivity contribution in [1.29, 1.82) is 0 Å². The van der Waals surface area contributed by atoms with Crippen LogP contribution in [0.4, 0.5) is 34.3 Å². The van der Waals surface area contributed by atoms with Gasteiger partial charge in [-0.25, -0.2) is 16.8 Å². The molecule has 6 N–H and O–H groups in total. The number of amides is 8. The third-order valence-electron chi connectivity index (χ3n) is 19.5. The first-order chi connectivity index (χ1) is 61.9. The van der Waals surface area contributed by atoms with Gasteiger partial charge < -0.3 is 41.7 Å². The Labute approximate surface area is 779 Å². The summed E-state index contributed by atoms with van der Waals surface area (Å²) in [5, 5.41) is 23.1. The Morgan fingerprint density at radius 1 is 0.302 bits per heavy atom. The minimum Gasteiger partial charge on any atom is -0.337 e. The molecule has 27 nitrogen and oxygen atoms in total. The summed E-state index contributed by atoms with van der Waals surface area (Å²) in [4.78, 5) is 125. The highest BCUT2D eigenvalue weighted by Gasteiger charge is 2.32. The van der Waals surface area contributed by atoms with Crippen molar-refractivity contribution < 1.29 is 55.2 Å². The summed E-state index contributed by atoms with van der Waals surface area (Å²) in [5.74, 6) is -3.19. The highest BCUT2D eigenvalue weighted by atomic mass is 35.5. The molecule has 0 radical (unpaired) electrons. The van der Waals surface area contributed by atoms with Gasteiger partial charge in [0.25, 0.3) is 47.3 Å². The van der Waals surface area contributed by atoms with E-state index in [1.165, 1.54) is 93.5 Å². The number of aryl methyl sites for hydroxylation is 1. The Balaban J connectivity index is 0.000000147. The number of aromatic nitrogens is 7. The molecule has 0 unspecified atom stereocenters. The van der Waals surface area contributed by atoms with E-state index in [4.69, 9.17) is 92.8 Å². The van der Waals surface area contributed by atoms with Crippen LogP contribution in [0.3, 0.4) is 0 Å². The molecule has 2 aliphatic rings. The summed E-state index contributed by atoms with van der Waals surface area (Å²) in [5.41, 5.74) is 10.1.